The van der Waals surface area contributed by atoms with Crippen molar-refractivity contribution in [3.8, 4) is 0 Å². The minimum Gasteiger partial charge on any atom is -0.384 e. The van der Waals surface area contributed by atoms with E-state index in [4.69, 9.17) is 0 Å². The smallest absolute Gasteiger partial charge is 0.266 e. The number of nitrogens with zero attached hydrogens (tertiary/aromatic N) is 4. The van der Waals surface area contributed by atoms with Crippen molar-refractivity contribution in [2.45, 2.75) is 90.2 Å². The fourth-order valence-electron chi connectivity index (χ4n) is 8.28. The Labute approximate surface area is 182 Å². The van der Waals surface area contributed by atoms with Crippen molar-refractivity contribution in [3.63, 3.8) is 0 Å². The van der Waals surface area contributed by atoms with Gasteiger partial charge >= 0.3 is 0 Å². The summed E-state index contributed by atoms with van der Waals surface area (Å²) in [5.74, 6) is 3.19. The number of carbonyl (C=O) groups is 1. The molecule has 0 aromatic carbocycles. The molecule has 8 heteroatoms. The number of ketones is 1. The van der Waals surface area contributed by atoms with Gasteiger partial charge in [-0.2, -0.15) is 4.80 Å². The highest BCUT2D eigenvalue weighted by molar-refractivity contribution is 5.81. The summed E-state index contributed by atoms with van der Waals surface area (Å²) in [5.41, 5.74) is -1.77. The molecule has 4 fully saturated rings. The maximum absolute atomic E-state index is 13.4. The number of tetrazole rings is 1. The van der Waals surface area contributed by atoms with Gasteiger partial charge in [0.05, 0.1) is 0 Å². The Kier molecular flexibility index (Phi) is 5.22. The lowest BCUT2D eigenvalue weighted by Crippen LogP contribution is -2.53. The third-order valence-electron chi connectivity index (χ3n) is 9.69. The Morgan fingerprint density at radius 2 is 1.90 bits per heavy atom. The van der Waals surface area contributed by atoms with Crippen molar-refractivity contribution in [1.82, 2.24) is 20.2 Å². The number of hydrogen-bond donors (Lipinski definition) is 1. The zero-order valence-corrected chi connectivity index (χ0v) is 18.5. The Hall–Kier alpha value is -1.44. The Balaban J connectivity index is 1.30. The number of fused-ring (bicyclic) bond motifs is 5. The van der Waals surface area contributed by atoms with Gasteiger partial charge in [-0.05, 0) is 105 Å². The number of Topliss-reactive ketones (excluding diaryl/α,β-unsaturated/α-hetero) is 1. The van der Waals surface area contributed by atoms with E-state index >= 15 is 0 Å². The van der Waals surface area contributed by atoms with Crippen molar-refractivity contribution in [1.29, 1.82) is 0 Å². The lowest BCUT2D eigenvalue weighted by atomic mass is 9.49. The second-order valence-electron chi connectivity index (χ2n) is 11.1. The van der Waals surface area contributed by atoms with Crippen LogP contribution in [0.1, 0.15) is 70.5 Å². The normalized spacial score (nSPS) is 44.6. The summed E-state index contributed by atoms with van der Waals surface area (Å²) in [4.78, 5) is 14.6. The molecule has 8 atom stereocenters. The lowest BCUT2D eigenvalue weighted by molar-refractivity contribution is -0.160. The molecule has 0 radical (unpaired) electrons. The molecule has 6 nitrogen and oxygen atoms in total. The third-order valence-corrected chi connectivity index (χ3v) is 9.69. The van der Waals surface area contributed by atoms with Crippen LogP contribution in [0.5, 0.6) is 0 Å². The van der Waals surface area contributed by atoms with E-state index in [1.165, 1.54) is 4.80 Å². The van der Waals surface area contributed by atoms with Crippen LogP contribution in [0.4, 0.5) is 8.78 Å². The third kappa shape index (κ3) is 3.44. The fraction of sp³-hybridized carbons (Fsp3) is 0.913. The monoisotopic (exact) mass is 436 g/mol. The van der Waals surface area contributed by atoms with E-state index < -0.39 is 12.0 Å². The Morgan fingerprint density at radius 3 is 2.61 bits per heavy atom. The number of aliphatic hydroxyl groups is 1. The van der Waals surface area contributed by atoms with Gasteiger partial charge in [0.2, 0.25) is 0 Å². The summed E-state index contributed by atoms with van der Waals surface area (Å²) in [7, 11) is 0. The minimum absolute atomic E-state index is 0.0130. The average molecular weight is 437 g/mol. The largest absolute Gasteiger partial charge is 0.384 e. The number of alkyl halides is 2. The van der Waals surface area contributed by atoms with Crippen LogP contribution in [0.15, 0.2) is 0 Å². The molecule has 1 aromatic rings. The van der Waals surface area contributed by atoms with E-state index in [1.807, 2.05) is 0 Å². The summed E-state index contributed by atoms with van der Waals surface area (Å²) in [6.45, 7) is 4.27. The average Bonchev–Trinajstić information content (AvgIpc) is 3.29. The summed E-state index contributed by atoms with van der Waals surface area (Å²) < 4.78 is 26.8. The maximum atomic E-state index is 13.4. The predicted molar refractivity (Wildman–Crippen MR) is 109 cm³/mol. The van der Waals surface area contributed by atoms with Crippen LogP contribution in [-0.4, -0.2) is 43.1 Å². The van der Waals surface area contributed by atoms with Gasteiger partial charge in [-0.25, -0.2) is 8.78 Å². The van der Waals surface area contributed by atoms with E-state index in [0.717, 1.165) is 44.9 Å². The van der Waals surface area contributed by atoms with E-state index in [0.29, 0.717) is 29.5 Å². The molecule has 0 aliphatic heterocycles. The SMILES string of the molecule is Cc1nnn(CC(=O)[C@H]2CC[C@H]3[C@@H]4CC[C@@H]5C[C@@](O)(C(F)F)CC[C@@H]5[C@H]4CC[C@]23C)n1. The predicted octanol–water partition coefficient (Wildman–Crippen LogP) is 3.82. The Bertz CT molecular complexity index is 847. The molecule has 0 unspecified atom stereocenters. The fourth-order valence-corrected chi connectivity index (χ4v) is 8.28. The highest BCUT2D eigenvalue weighted by Crippen LogP contribution is 2.64. The molecular weight excluding hydrogens is 402 g/mol. The summed E-state index contributed by atoms with van der Waals surface area (Å²) in [6, 6.07) is 0. The number of aryl methyl sites for hydroxylation is 1. The van der Waals surface area contributed by atoms with Gasteiger partial charge in [0.1, 0.15) is 12.1 Å². The summed E-state index contributed by atoms with van der Waals surface area (Å²) in [6.07, 6.45) is 4.66. The number of aromatic nitrogens is 4. The zero-order chi connectivity index (χ0) is 22.0. The molecule has 0 amide bonds. The van der Waals surface area contributed by atoms with Crippen molar-refractivity contribution < 1.29 is 18.7 Å². The van der Waals surface area contributed by atoms with Gasteiger partial charge in [-0.15, -0.1) is 10.2 Å². The van der Waals surface area contributed by atoms with Crippen LogP contribution in [0.25, 0.3) is 0 Å². The second kappa shape index (κ2) is 7.56. The minimum atomic E-state index is -2.65. The first-order valence-corrected chi connectivity index (χ1v) is 12.0. The standard InChI is InChI=1S/C23H34F2N4O2/c1-13-26-28-29(27-13)12-20(30)19-6-5-18-17-4-3-14-11-23(31,21(24)25)10-8-15(14)16(17)7-9-22(18,19)2/h14-19,21,31H,3-12H2,1-2H3/t14-,15+,16-,17-,18+,19-,22+,23-/m1/s1. The summed E-state index contributed by atoms with van der Waals surface area (Å²) >= 11 is 0. The van der Waals surface area contributed by atoms with Gasteiger partial charge in [0, 0.05) is 5.92 Å². The first-order chi connectivity index (χ1) is 14.7. The van der Waals surface area contributed by atoms with Gasteiger partial charge in [-0.1, -0.05) is 6.92 Å². The second-order valence-corrected chi connectivity index (χ2v) is 11.1. The van der Waals surface area contributed by atoms with Gasteiger partial charge in [-0.3, -0.25) is 4.79 Å². The summed E-state index contributed by atoms with van der Waals surface area (Å²) in [5, 5.41) is 22.4. The molecule has 0 bridgehead atoms. The van der Waals surface area contributed by atoms with E-state index in [1.54, 1.807) is 6.92 Å². The van der Waals surface area contributed by atoms with Crippen LogP contribution in [0, 0.1) is 47.8 Å². The highest BCUT2D eigenvalue weighted by Gasteiger charge is 2.59. The van der Waals surface area contributed by atoms with Crippen molar-refractivity contribution >= 4 is 5.78 Å². The molecule has 172 valence electrons. The molecule has 0 spiro atoms. The molecule has 1 heterocycles. The molecule has 4 saturated carbocycles. The molecule has 1 aromatic heterocycles. The molecule has 4 aliphatic rings. The zero-order valence-electron chi connectivity index (χ0n) is 18.5. The molecular formula is C23H34F2N4O2. The van der Waals surface area contributed by atoms with Crippen LogP contribution >= 0.6 is 0 Å². The lowest BCUT2D eigenvalue weighted by Gasteiger charge is -2.57. The molecule has 4 aliphatic carbocycles. The number of hydrogen-bond acceptors (Lipinski definition) is 5. The van der Waals surface area contributed by atoms with Crippen LogP contribution in [0.2, 0.25) is 0 Å². The quantitative estimate of drug-likeness (QED) is 0.776. The topological polar surface area (TPSA) is 80.9 Å². The van der Waals surface area contributed by atoms with Crippen LogP contribution in [0.3, 0.4) is 0 Å². The van der Waals surface area contributed by atoms with E-state index in [9.17, 15) is 18.7 Å². The molecule has 0 saturated heterocycles. The van der Waals surface area contributed by atoms with Crippen LogP contribution < -0.4 is 0 Å². The molecule has 5 rings (SSSR count). The molecule has 31 heavy (non-hydrogen) atoms. The number of rotatable bonds is 4. The molecule has 1 N–H and O–H groups in total. The van der Waals surface area contributed by atoms with Crippen molar-refractivity contribution in [2.24, 2.45) is 40.9 Å². The van der Waals surface area contributed by atoms with Crippen molar-refractivity contribution in [3.05, 3.63) is 5.82 Å². The Morgan fingerprint density at radius 1 is 1.13 bits per heavy atom. The first kappa shape index (κ1) is 21.4. The first-order valence-electron chi connectivity index (χ1n) is 12.0. The van der Waals surface area contributed by atoms with Crippen LogP contribution in [-0.2, 0) is 11.3 Å². The van der Waals surface area contributed by atoms with Gasteiger partial charge in [0.25, 0.3) is 6.43 Å². The number of halogens is 2. The maximum Gasteiger partial charge on any atom is 0.266 e. The van der Waals surface area contributed by atoms with E-state index in [2.05, 4.69) is 22.3 Å². The highest BCUT2D eigenvalue weighted by atomic mass is 19.3. The van der Waals surface area contributed by atoms with Gasteiger partial charge < -0.3 is 5.11 Å². The van der Waals surface area contributed by atoms with E-state index in [-0.39, 0.29) is 42.4 Å². The number of carbonyl (C=O) groups excluding carboxylic acids is 1. The van der Waals surface area contributed by atoms with Crippen molar-refractivity contribution in [2.75, 3.05) is 0 Å². The van der Waals surface area contributed by atoms with Gasteiger partial charge in [0.15, 0.2) is 11.6 Å².